The van der Waals surface area contributed by atoms with Crippen LogP contribution in [0.15, 0.2) is 88.9 Å². The quantitative estimate of drug-likeness (QED) is 0.206. The zero-order chi connectivity index (χ0) is 30.4. The van der Waals surface area contributed by atoms with Gasteiger partial charge >= 0.3 is 0 Å². The fourth-order valence-electron chi connectivity index (χ4n) is 4.55. The molecule has 0 bridgehead atoms. The summed E-state index contributed by atoms with van der Waals surface area (Å²) in [5.74, 6) is -0.374. The van der Waals surface area contributed by atoms with E-state index in [1.54, 1.807) is 30.5 Å². The molecule has 1 aromatic heterocycles. The topological polar surface area (TPSA) is 122 Å². The number of aryl methyl sites for hydroxylation is 2. The summed E-state index contributed by atoms with van der Waals surface area (Å²) in [6, 6.07) is 22.1. The van der Waals surface area contributed by atoms with Gasteiger partial charge in [0.15, 0.2) is 0 Å². The van der Waals surface area contributed by atoms with Crippen LogP contribution in [0.4, 0.5) is 11.4 Å². The van der Waals surface area contributed by atoms with Gasteiger partial charge in [-0.1, -0.05) is 18.2 Å². The van der Waals surface area contributed by atoms with Gasteiger partial charge in [0.1, 0.15) is 12.3 Å². The third kappa shape index (κ3) is 6.69. The molecule has 0 spiro atoms. The van der Waals surface area contributed by atoms with E-state index in [9.17, 15) is 18.0 Å². The van der Waals surface area contributed by atoms with E-state index in [0.717, 1.165) is 32.5 Å². The SMILES string of the molecule is COc1ccc(N(CC(=O)N/N=C\c2cc(C)n(-c3ccccc3C)c2C)S(=O)(=O)c2ccc(NC(C)=O)cc2)cc1. The zero-order valence-electron chi connectivity index (χ0n) is 24.1. The second kappa shape index (κ2) is 12.7. The van der Waals surface area contributed by atoms with Crippen LogP contribution in [0.3, 0.4) is 0 Å². The van der Waals surface area contributed by atoms with Gasteiger partial charge in [-0.25, -0.2) is 13.8 Å². The molecule has 0 atom stereocenters. The summed E-state index contributed by atoms with van der Waals surface area (Å²) in [5, 5.41) is 6.73. The normalized spacial score (nSPS) is 11.4. The molecule has 0 saturated carbocycles. The number of hydrogen-bond donors (Lipinski definition) is 2. The molecular weight excluding hydrogens is 554 g/mol. The van der Waals surface area contributed by atoms with Crippen LogP contribution < -0.4 is 19.8 Å². The smallest absolute Gasteiger partial charge is 0.264 e. The molecule has 10 nitrogen and oxygen atoms in total. The Morgan fingerprint density at radius 2 is 1.64 bits per heavy atom. The Balaban J connectivity index is 1.56. The van der Waals surface area contributed by atoms with Crippen LogP contribution in [0.1, 0.15) is 29.4 Å². The minimum absolute atomic E-state index is 0.0487. The van der Waals surface area contributed by atoms with E-state index < -0.39 is 22.5 Å². The molecular formula is C31H33N5O5S. The van der Waals surface area contributed by atoms with Gasteiger partial charge in [0, 0.05) is 35.2 Å². The largest absolute Gasteiger partial charge is 0.497 e. The first-order valence-electron chi connectivity index (χ1n) is 13.1. The van der Waals surface area contributed by atoms with Gasteiger partial charge in [-0.15, -0.1) is 0 Å². The average Bonchev–Trinajstić information content (AvgIpc) is 3.24. The molecule has 0 fully saturated rings. The summed E-state index contributed by atoms with van der Waals surface area (Å²) in [6.07, 6.45) is 1.54. The second-order valence-corrected chi connectivity index (χ2v) is 11.5. The number of sulfonamides is 1. The number of para-hydroxylation sites is 1. The summed E-state index contributed by atoms with van der Waals surface area (Å²) < 4.78 is 35.7. The molecule has 0 unspecified atom stereocenters. The molecule has 42 heavy (non-hydrogen) atoms. The summed E-state index contributed by atoms with van der Waals surface area (Å²) in [4.78, 5) is 24.3. The molecule has 0 aliphatic carbocycles. The van der Waals surface area contributed by atoms with Gasteiger partial charge in [0.2, 0.25) is 5.91 Å². The summed E-state index contributed by atoms with van der Waals surface area (Å²) >= 11 is 0. The van der Waals surface area contributed by atoms with Crippen LogP contribution in [0, 0.1) is 20.8 Å². The number of hydrogen-bond acceptors (Lipinski definition) is 6. The molecule has 3 aromatic carbocycles. The van der Waals surface area contributed by atoms with E-state index in [2.05, 4.69) is 20.4 Å². The van der Waals surface area contributed by atoms with E-state index in [1.165, 1.54) is 38.3 Å². The van der Waals surface area contributed by atoms with Gasteiger partial charge < -0.3 is 14.6 Å². The summed E-state index contributed by atoms with van der Waals surface area (Å²) in [5.41, 5.74) is 8.13. The van der Waals surface area contributed by atoms with E-state index in [0.29, 0.717) is 11.4 Å². The van der Waals surface area contributed by atoms with Crippen molar-refractivity contribution < 1.29 is 22.7 Å². The molecule has 0 aliphatic rings. The lowest BCUT2D eigenvalue weighted by molar-refractivity contribution is -0.119. The fraction of sp³-hybridized carbons (Fsp3) is 0.194. The van der Waals surface area contributed by atoms with Crippen LogP contribution in [-0.4, -0.2) is 44.7 Å². The number of nitrogens with one attached hydrogen (secondary N) is 2. The highest BCUT2D eigenvalue weighted by molar-refractivity contribution is 7.92. The van der Waals surface area contributed by atoms with Crippen molar-refractivity contribution >= 4 is 39.4 Å². The number of ether oxygens (including phenoxy) is 1. The number of carbonyl (C=O) groups is 2. The van der Waals surface area contributed by atoms with Crippen molar-refractivity contribution in [2.24, 2.45) is 5.10 Å². The lowest BCUT2D eigenvalue weighted by Crippen LogP contribution is -2.39. The highest BCUT2D eigenvalue weighted by atomic mass is 32.2. The number of anilines is 2. The minimum Gasteiger partial charge on any atom is -0.497 e. The van der Waals surface area contributed by atoms with Crippen molar-refractivity contribution in [1.29, 1.82) is 0 Å². The first-order valence-corrected chi connectivity index (χ1v) is 14.6. The Hall–Kier alpha value is -4.90. The number of carbonyl (C=O) groups excluding carboxylic acids is 2. The number of rotatable bonds is 10. The standard InChI is InChI=1S/C31H33N5O5S/c1-21-8-6-7-9-30(21)36-22(2)18-25(23(36)3)19-32-34-31(38)20-35(27-12-14-28(41-5)15-13-27)42(39,40)29-16-10-26(11-17-29)33-24(4)37/h6-19H,20H2,1-5H3,(H,33,37)(H,34,38)/b32-19-. The maximum Gasteiger partial charge on any atom is 0.264 e. The van der Waals surface area contributed by atoms with Crippen LogP contribution >= 0.6 is 0 Å². The maximum absolute atomic E-state index is 13.7. The van der Waals surface area contributed by atoms with E-state index in [4.69, 9.17) is 4.74 Å². The number of aromatic nitrogens is 1. The number of amides is 2. The number of nitrogens with zero attached hydrogens (tertiary/aromatic N) is 3. The van der Waals surface area contributed by atoms with Crippen molar-refractivity contribution in [2.75, 3.05) is 23.3 Å². The second-order valence-electron chi connectivity index (χ2n) is 9.66. The Bertz CT molecular complexity index is 1730. The Morgan fingerprint density at radius 3 is 2.26 bits per heavy atom. The zero-order valence-corrected chi connectivity index (χ0v) is 24.9. The Labute approximate surface area is 245 Å². The highest BCUT2D eigenvalue weighted by Gasteiger charge is 2.27. The number of methoxy groups -OCH3 is 1. The molecule has 0 radical (unpaired) electrons. The van der Waals surface area contributed by atoms with Crippen molar-refractivity contribution in [3.05, 3.63) is 101 Å². The van der Waals surface area contributed by atoms with Gasteiger partial charge in [0.05, 0.1) is 23.9 Å². The highest BCUT2D eigenvalue weighted by Crippen LogP contribution is 2.27. The predicted molar refractivity (Wildman–Crippen MR) is 164 cm³/mol. The Kier molecular flexibility index (Phi) is 9.12. The van der Waals surface area contributed by atoms with E-state index in [1.807, 2.05) is 51.1 Å². The molecule has 218 valence electrons. The molecule has 1 heterocycles. The molecule has 4 rings (SSSR count). The maximum atomic E-state index is 13.7. The lowest BCUT2D eigenvalue weighted by Gasteiger charge is -2.24. The van der Waals surface area contributed by atoms with Crippen molar-refractivity contribution in [1.82, 2.24) is 9.99 Å². The van der Waals surface area contributed by atoms with Gasteiger partial charge in [-0.2, -0.15) is 5.10 Å². The van der Waals surface area contributed by atoms with E-state index >= 15 is 0 Å². The van der Waals surface area contributed by atoms with E-state index in [-0.39, 0.29) is 16.5 Å². The molecule has 4 aromatic rings. The van der Waals surface area contributed by atoms with Crippen molar-refractivity contribution in [2.45, 2.75) is 32.6 Å². The van der Waals surface area contributed by atoms with Gasteiger partial charge in [0.25, 0.3) is 15.9 Å². The average molecular weight is 588 g/mol. The number of hydrazone groups is 1. The summed E-state index contributed by atoms with van der Waals surface area (Å²) in [6.45, 7) is 6.84. The Morgan fingerprint density at radius 1 is 0.976 bits per heavy atom. The predicted octanol–water partition coefficient (Wildman–Crippen LogP) is 4.72. The number of benzene rings is 3. The van der Waals surface area contributed by atoms with Crippen LogP contribution in [0.2, 0.25) is 0 Å². The molecule has 2 amide bonds. The van der Waals surface area contributed by atoms with Crippen molar-refractivity contribution in [3.8, 4) is 11.4 Å². The lowest BCUT2D eigenvalue weighted by atomic mass is 10.2. The fourth-order valence-corrected chi connectivity index (χ4v) is 5.97. The molecule has 11 heteroatoms. The first-order chi connectivity index (χ1) is 20.0. The van der Waals surface area contributed by atoms with Crippen LogP contribution in [0.25, 0.3) is 5.69 Å². The monoisotopic (exact) mass is 587 g/mol. The first kappa shape index (κ1) is 30.1. The van der Waals surface area contributed by atoms with Crippen LogP contribution in [-0.2, 0) is 19.6 Å². The molecule has 0 saturated heterocycles. The third-order valence-corrected chi connectivity index (χ3v) is 8.42. The molecule has 2 N–H and O–H groups in total. The van der Waals surface area contributed by atoms with Gasteiger partial charge in [-0.3, -0.25) is 13.9 Å². The third-order valence-electron chi connectivity index (χ3n) is 6.63. The molecule has 0 aliphatic heterocycles. The van der Waals surface area contributed by atoms with Crippen molar-refractivity contribution in [3.63, 3.8) is 0 Å². The summed E-state index contributed by atoms with van der Waals surface area (Å²) in [7, 11) is -2.67. The van der Waals surface area contributed by atoms with Crippen LogP contribution in [0.5, 0.6) is 5.75 Å². The van der Waals surface area contributed by atoms with Gasteiger partial charge in [-0.05, 0) is 87.0 Å². The minimum atomic E-state index is -4.17.